The van der Waals surface area contributed by atoms with Crippen molar-refractivity contribution in [3.05, 3.63) is 69.9 Å². The summed E-state index contributed by atoms with van der Waals surface area (Å²) in [6.07, 6.45) is 0. The number of carbonyl (C=O) groups is 2. The van der Waals surface area contributed by atoms with Crippen LogP contribution >= 0.6 is 23.4 Å². The van der Waals surface area contributed by atoms with Crippen LogP contribution in [-0.2, 0) is 20.1 Å². The van der Waals surface area contributed by atoms with Crippen molar-refractivity contribution in [2.24, 2.45) is 0 Å². The fraction of sp³-hybridized carbons (Fsp3) is 0.357. The lowest BCUT2D eigenvalue weighted by atomic mass is 9.93. The van der Waals surface area contributed by atoms with E-state index in [-0.39, 0.29) is 18.3 Å². The predicted octanol–water partition coefficient (Wildman–Crippen LogP) is 4.35. The molecule has 0 aliphatic carbocycles. The quantitative estimate of drug-likeness (QED) is 0.368. The van der Waals surface area contributed by atoms with Crippen molar-refractivity contribution >= 4 is 41.0 Å². The Bertz CT molecular complexity index is 1450. The highest BCUT2D eigenvalue weighted by Gasteiger charge is 2.33. The van der Waals surface area contributed by atoms with Gasteiger partial charge in [-0.05, 0) is 43.2 Å². The summed E-state index contributed by atoms with van der Waals surface area (Å²) in [6.45, 7) is 5.42. The molecule has 1 atom stereocenters. The molecule has 0 bridgehead atoms. The minimum absolute atomic E-state index is 0.0863. The number of hydrogen-bond acceptors (Lipinski definition) is 9. The summed E-state index contributed by atoms with van der Waals surface area (Å²) in [7, 11) is 1.54. The second-order valence-electron chi connectivity index (χ2n) is 9.36. The summed E-state index contributed by atoms with van der Waals surface area (Å²) < 4.78 is 18.5. The van der Waals surface area contributed by atoms with Gasteiger partial charge in [0.15, 0.2) is 23.9 Å². The van der Waals surface area contributed by atoms with Crippen LogP contribution in [0.5, 0.6) is 11.5 Å². The number of aromatic nitrogens is 3. The average Bonchev–Trinajstić information content (AvgIpc) is 3.37. The number of Topliss-reactive ketones (excluding diaryl/α,β-unsaturated/α-hetero) is 1. The average molecular weight is 584 g/mol. The maximum atomic E-state index is 12.8. The van der Waals surface area contributed by atoms with Crippen molar-refractivity contribution in [2.45, 2.75) is 30.8 Å². The number of methoxy groups -OCH3 is 1. The first kappa shape index (κ1) is 28.0. The smallest absolute Gasteiger partial charge is 0.260 e. The number of carbonyl (C=O) groups excluding carboxylic acids is 2. The van der Waals surface area contributed by atoms with Crippen LogP contribution in [0, 0.1) is 0 Å². The number of benzene rings is 2. The number of ether oxygens (including phenoxy) is 3. The number of anilines is 1. The third-order valence-corrected chi connectivity index (χ3v) is 8.00. The first-order chi connectivity index (χ1) is 19.4. The van der Waals surface area contributed by atoms with E-state index in [4.69, 9.17) is 30.9 Å². The number of nitrogens with one attached hydrogen (secondary N) is 1. The van der Waals surface area contributed by atoms with Crippen LogP contribution in [-0.4, -0.2) is 71.4 Å². The number of thioether (sulfide) groups is 1. The Hall–Kier alpha value is -3.54. The third kappa shape index (κ3) is 5.96. The van der Waals surface area contributed by atoms with Gasteiger partial charge in [-0.2, -0.15) is 4.98 Å². The van der Waals surface area contributed by atoms with Gasteiger partial charge in [-0.25, -0.2) is 4.68 Å². The molecule has 0 radical (unpaired) electrons. The Morgan fingerprint density at radius 3 is 2.67 bits per heavy atom. The molecule has 2 aliphatic heterocycles. The minimum Gasteiger partial charge on any atom is -0.493 e. The lowest BCUT2D eigenvalue weighted by Crippen LogP contribution is -2.43. The van der Waals surface area contributed by atoms with E-state index in [0.29, 0.717) is 71.0 Å². The molecule has 0 spiro atoms. The molecule has 2 aliphatic rings. The zero-order valence-corrected chi connectivity index (χ0v) is 24.1. The highest BCUT2D eigenvalue weighted by atomic mass is 35.5. The highest BCUT2D eigenvalue weighted by Crippen LogP contribution is 2.40. The van der Waals surface area contributed by atoms with E-state index in [1.807, 2.05) is 43.3 Å². The number of hydrogen-bond donors (Lipinski definition) is 1. The monoisotopic (exact) mass is 583 g/mol. The molecule has 2 aromatic carbocycles. The van der Waals surface area contributed by atoms with Crippen molar-refractivity contribution in [1.82, 2.24) is 19.7 Å². The van der Waals surface area contributed by atoms with Crippen molar-refractivity contribution in [3.63, 3.8) is 0 Å². The fourth-order valence-electron chi connectivity index (χ4n) is 4.73. The van der Waals surface area contributed by atoms with E-state index in [2.05, 4.69) is 10.3 Å². The Morgan fingerprint density at radius 2 is 1.95 bits per heavy atom. The molecule has 210 valence electrons. The molecule has 5 rings (SSSR count). The van der Waals surface area contributed by atoms with Crippen LogP contribution < -0.4 is 14.8 Å². The molecular weight excluding hydrogens is 554 g/mol. The molecule has 10 nitrogen and oxygen atoms in total. The third-order valence-electron chi connectivity index (χ3n) is 6.75. The first-order valence-corrected chi connectivity index (χ1v) is 14.2. The molecule has 0 saturated carbocycles. The number of rotatable bonds is 9. The molecule has 1 saturated heterocycles. The van der Waals surface area contributed by atoms with E-state index in [0.717, 1.165) is 11.1 Å². The van der Waals surface area contributed by atoms with Gasteiger partial charge in [-0.15, -0.1) is 5.10 Å². The second-order valence-corrected chi connectivity index (χ2v) is 10.7. The van der Waals surface area contributed by atoms with Gasteiger partial charge in [0.05, 0.1) is 20.3 Å². The number of fused-ring (bicyclic) bond motifs is 1. The zero-order chi connectivity index (χ0) is 28.2. The summed E-state index contributed by atoms with van der Waals surface area (Å²) >= 11 is 7.79. The number of ketones is 1. The number of allylic oxidation sites excluding steroid dienone is 2. The predicted molar refractivity (Wildman–Crippen MR) is 152 cm³/mol. The molecule has 1 aromatic heterocycles. The summed E-state index contributed by atoms with van der Waals surface area (Å²) in [6, 6.07) is 12.5. The Labute approximate surface area is 241 Å². The molecular formula is C28H30ClN5O5S. The lowest BCUT2D eigenvalue weighted by Gasteiger charge is -2.28. The van der Waals surface area contributed by atoms with E-state index in [1.54, 1.807) is 15.6 Å². The van der Waals surface area contributed by atoms with Gasteiger partial charge in [0.1, 0.15) is 6.04 Å². The van der Waals surface area contributed by atoms with Gasteiger partial charge >= 0.3 is 0 Å². The molecule has 1 N–H and O–H groups in total. The number of morpholine rings is 1. The van der Waals surface area contributed by atoms with Crippen LogP contribution in [0.4, 0.5) is 5.95 Å². The number of nitrogens with zero attached hydrogens (tertiary/aromatic N) is 4. The van der Waals surface area contributed by atoms with Gasteiger partial charge in [-0.1, -0.05) is 47.6 Å². The summed E-state index contributed by atoms with van der Waals surface area (Å²) in [5, 5.41) is 9.22. The Balaban J connectivity index is 1.40. The Morgan fingerprint density at radius 1 is 1.18 bits per heavy atom. The topological polar surface area (TPSA) is 108 Å². The fourth-order valence-corrected chi connectivity index (χ4v) is 5.85. The number of halogens is 1. The van der Waals surface area contributed by atoms with Crippen LogP contribution in [0.15, 0.2) is 58.9 Å². The van der Waals surface area contributed by atoms with E-state index in [1.165, 1.54) is 25.8 Å². The number of amides is 1. The van der Waals surface area contributed by atoms with Gasteiger partial charge in [0, 0.05) is 35.1 Å². The van der Waals surface area contributed by atoms with Crippen molar-refractivity contribution in [2.75, 3.05) is 45.3 Å². The van der Waals surface area contributed by atoms with Crippen LogP contribution in [0.25, 0.3) is 0 Å². The van der Waals surface area contributed by atoms with Crippen molar-refractivity contribution in [1.29, 1.82) is 0 Å². The standard InChI is InChI=1S/C28H30ClN5O5S/c1-17-25(18(2)35)26(34-27(30-17)31-28(32-34)40-16-20-6-4-5-7-21(20)29)19-8-9-22(23(14-19)37-3)39-15-24(36)33-10-12-38-13-11-33/h4-9,14,26H,10-13,15-16H2,1-3H3,(H,30,31,32). The second kappa shape index (κ2) is 12.3. The largest absolute Gasteiger partial charge is 0.493 e. The zero-order valence-electron chi connectivity index (χ0n) is 22.5. The maximum Gasteiger partial charge on any atom is 0.260 e. The summed E-state index contributed by atoms with van der Waals surface area (Å²) in [4.78, 5) is 31.8. The van der Waals surface area contributed by atoms with Crippen LogP contribution in [0.3, 0.4) is 0 Å². The van der Waals surface area contributed by atoms with Gasteiger partial charge < -0.3 is 24.4 Å². The van der Waals surface area contributed by atoms with E-state index in [9.17, 15) is 9.59 Å². The Kier molecular flexibility index (Phi) is 8.63. The molecule has 3 heterocycles. The summed E-state index contributed by atoms with van der Waals surface area (Å²) in [5.41, 5.74) is 3.02. The van der Waals surface area contributed by atoms with Crippen molar-refractivity contribution < 1.29 is 23.8 Å². The van der Waals surface area contributed by atoms with Crippen LogP contribution in [0.1, 0.15) is 31.0 Å². The normalized spacial score (nSPS) is 16.8. The SMILES string of the molecule is COc1cc(C2C(C(C)=O)=C(C)Nc3nc(SCc4ccccc4Cl)nn32)ccc1OCC(=O)N1CCOCC1. The maximum absolute atomic E-state index is 12.8. The minimum atomic E-state index is -0.533. The molecule has 1 fully saturated rings. The highest BCUT2D eigenvalue weighted by molar-refractivity contribution is 7.98. The van der Waals surface area contributed by atoms with Gasteiger partial charge in [-0.3, -0.25) is 9.59 Å². The molecule has 12 heteroatoms. The van der Waals surface area contributed by atoms with Crippen molar-refractivity contribution in [3.8, 4) is 11.5 Å². The van der Waals surface area contributed by atoms with Crippen LogP contribution in [0.2, 0.25) is 5.02 Å². The van der Waals surface area contributed by atoms with E-state index < -0.39 is 6.04 Å². The molecule has 40 heavy (non-hydrogen) atoms. The molecule has 1 unspecified atom stereocenters. The molecule has 1 amide bonds. The summed E-state index contributed by atoms with van der Waals surface area (Å²) in [5.74, 6) is 1.81. The van der Waals surface area contributed by atoms with E-state index >= 15 is 0 Å². The van der Waals surface area contributed by atoms with Gasteiger partial charge in [0.25, 0.3) is 5.91 Å². The molecule has 3 aromatic rings. The first-order valence-electron chi connectivity index (χ1n) is 12.8. The van der Waals surface area contributed by atoms with Gasteiger partial charge in [0.2, 0.25) is 11.1 Å². The lowest BCUT2D eigenvalue weighted by molar-refractivity contribution is -0.137.